The van der Waals surface area contributed by atoms with Crippen LogP contribution in [0.4, 0.5) is 0 Å². The van der Waals surface area contributed by atoms with Crippen LogP contribution >= 0.6 is 0 Å². The Bertz CT molecular complexity index is 784. The number of piperidine rings is 1. The summed E-state index contributed by atoms with van der Waals surface area (Å²) in [7, 11) is -3.25. The van der Waals surface area contributed by atoms with Gasteiger partial charge in [0.2, 0.25) is 15.9 Å². The summed E-state index contributed by atoms with van der Waals surface area (Å²) in [6, 6.07) is 6.70. The van der Waals surface area contributed by atoms with Gasteiger partial charge in [-0.05, 0) is 24.0 Å². The number of benzene rings is 1. The Morgan fingerprint density at radius 1 is 1.12 bits per heavy atom. The lowest BCUT2D eigenvalue weighted by atomic mass is 9.90. The zero-order chi connectivity index (χ0) is 18.2. The van der Waals surface area contributed by atoms with Crippen LogP contribution in [0.5, 0.6) is 0 Å². The number of carboxylic acid groups (broad SMARTS) is 1. The minimum absolute atomic E-state index is 0.185. The molecule has 0 unspecified atom stereocenters. The highest BCUT2D eigenvalue weighted by molar-refractivity contribution is 7.88. The molecular weight excluding hydrogens is 344 g/mol. The van der Waals surface area contributed by atoms with E-state index in [2.05, 4.69) is 0 Å². The van der Waals surface area contributed by atoms with Crippen LogP contribution in [0.25, 0.3) is 0 Å². The van der Waals surface area contributed by atoms with E-state index < -0.39 is 22.0 Å². The first-order chi connectivity index (χ1) is 11.8. The number of carbonyl (C=O) groups is 2. The highest BCUT2D eigenvalue weighted by atomic mass is 32.2. The Balaban J connectivity index is 1.76. The molecule has 0 spiro atoms. The van der Waals surface area contributed by atoms with Crippen molar-refractivity contribution in [3.63, 3.8) is 0 Å². The number of sulfonamides is 1. The number of carbonyl (C=O) groups excluding carboxylic acids is 1. The van der Waals surface area contributed by atoms with Gasteiger partial charge >= 0.3 is 5.97 Å². The molecule has 2 aliphatic heterocycles. The van der Waals surface area contributed by atoms with E-state index in [1.54, 1.807) is 0 Å². The summed E-state index contributed by atoms with van der Waals surface area (Å²) in [6.07, 6.45) is 2.32. The van der Waals surface area contributed by atoms with E-state index in [0.717, 1.165) is 17.4 Å². The third kappa shape index (κ3) is 3.69. The molecule has 0 radical (unpaired) electrons. The molecular formula is C17H22N2O5S. The van der Waals surface area contributed by atoms with Gasteiger partial charge in [0, 0.05) is 32.0 Å². The van der Waals surface area contributed by atoms with Gasteiger partial charge in [0.25, 0.3) is 0 Å². The zero-order valence-electron chi connectivity index (χ0n) is 14.1. The van der Waals surface area contributed by atoms with E-state index in [4.69, 9.17) is 0 Å². The largest absolute Gasteiger partial charge is 0.480 e. The average molecular weight is 366 g/mol. The Kier molecular flexibility index (Phi) is 4.83. The fourth-order valence-electron chi connectivity index (χ4n) is 3.64. The molecule has 136 valence electrons. The predicted octanol–water partition coefficient (Wildman–Crippen LogP) is 0.696. The molecule has 1 amide bonds. The van der Waals surface area contributed by atoms with Crippen LogP contribution in [0.1, 0.15) is 24.0 Å². The Hall–Kier alpha value is -1.93. The number of hydrogen-bond acceptors (Lipinski definition) is 4. The first-order valence-corrected chi connectivity index (χ1v) is 10.2. The third-order valence-corrected chi connectivity index (χ3v) is 6.39. The van der Waals surface area contributed by atoms with Crippen LogP contribution in [0, 0.1) is 5.92 Å². The molecule has 8 heteroatoms. The molecule has 0 bridgehead atoms. The second-order valence-electron chi connectivity index (χ2n) is 6.73. The molecule has 2 heterocycles. The lowest BCUT2D eigenvalue weighted by Crippen LogP contribution is -2.52. The molecule has 3 rings (SSSR count). The summed E-state index contributed by atoms with van der Waals surface area (Å²) in [5.74, 6) is -1.52. The molecule has 1 fully saturated rings. The summed E-state index contributed by atoms with van der Waals surface area (Å²) >= 11 is 0. The molecule has 7 nitrogen and oxygen atoms in total. The van der Waals surface area contributed by atoms with Crippen LogP contribution in [-0.4, -0.2) is 60.0 Å². The van der Waals surface area contributed by atoms with Crippen LogP contribution in [-0.2, 0) is 32.6 Å². The Morgan fingerprint density at radius 3 is 2.28 bits per heavy atom. The fourth-order valence-corrected chi connectivity index (χ4v) is 4.52. The maximum Gasteiger partial charge on any atom is 0.326 e. The van der Waals surface area contributed by atoms with Crippen molar-refractivity contribution in [2.24, 2.45) is 5.92 Å². The normalized spacial score (nSPS) is 22.4. The quantitative estimate of drug-likeness (QED) is 0.849. The summed E-state index contributed by atoms with van der Waals surface area (Å²) in [4.78, 5) is 26.0. The molecule has 1 aromatic rings. The molecule has 0 aromatic heterocycles. The number of fused-ring (bicyclic) bond motifs is 1. The number of nitrogens with zero attached hydrogens (tertiary/aromatic N) is 2. The van der Waals surface area contributed by atoms with Crippen LogP contribution in [0.3, 0.4) is 0 Å². The highest BCUT2D eigenvalue weighted by Crippen LogP contribution is 2.28. The van der Waals surface area contributed by atoms with Gasteiger partial charge in [-0.2, -0.15) is 0 Å². The first kappa shape index (κ1) is 17.9. The minimum Gasteiger partial charge on any atom is -0.480 e. The molecule has 1 aromatic carbocycles. The smallest absolute Gasteiger partial charge is 0.326 e. The van der Waals surface area contributed by atoms with Gasteiger partial charge in [-0.25, -0.2) is 17.5 Å². The van der Waals surface area contributed by atoms with Crippen molar-refractivity contribution in [3.8, 4) is 0 Å². The van der Waals surface area contributed by atoms with Crippen molar-refractivity contribution >= 4 is 21.9 Å². The van der Waals surface area contributed by atoms with Crippen molar-refractivity contribution < 1.29 is 23.1 Å². The molecule has 25 heavy (non-hydrogen) atoms. The van der Waals surface area contributed by atoms with Gasteiger partial charge in [0.15, 0.2) is 0 Å². The molecule has 2 aliphatic rings. The number of hydrogen-bond donors (Lipinski definition) is 1. The zero-order valence-corrected chi connectivity index (χ0v) is 14.9. The van der Waals surface area contributed by atoms with Crippen molar-refractivity contribution in [2.75, 3.05) is 19.3 Å². The summed E-state index contributed by atoms with van der Waals surface area (Å²) in [6.45, 7) is 0.896. The van der Waals surface area contributed by atoms with E-state index >= 15 is 0 Å². The van der Waals surface area contributed by atoms with Gasteiger partial charge < -0.3 is 10.0 Å². The van der Waals surface area contributed by atoms with E-state index in [1.807, 2.05) is 24.3 Å². The Morgan fingerprint density at radius 2 is 1.72 bits per heavy atom. The van der Waals surface area contributed by atoms with E-state index in [1.165, 1.54) is 9.21 Å². The van der Waals surface area contributed by atoms with Crippen LogP contribution in [0.2, 0.25) is 0 Å². The second kappa shape index (κ2) is 6.76. The van der Waals surface area contributed by atoms with E-state index in [9.17, 15) is 23.1 Å². The predicted molar refractivity (Wildman–Crippen MR) is 91.3 cm³/mol. The number of carboxylic acids is 1. The molecule has 0 aliphatic carbocycles. The average Bonchev–Trinajstić information content (AvgIpc) is 2.59. The van der Waals surface area contributed by atoms with Crippen LogP contribution in [0.15, 0.2) is 24.3 Å². The standard InChI is InChI=1S/C17H22N2O5S/c1-25(23,24)18-8-6-12(7-9-18)16(20)19-11-14-5-3-2-4-13(14)10-15(19)17(21)22/h2-5,12,15H,6-11H2,1H3,(H,21,22)/t15-/m0/s1. The Labute approximate surface area is 147 Å². The molecule has 0 saturated carbocycles. The lowest BCUT2D eigenvalue weighted by Gasteiger charge is -2.38. The molecule has 1 atom stereocenters. The van der Waals surface area contributed by atoms with Crippen LogP contribution < -0.4 is 0 Å². The van der Waals surface area contributed by atoms with Gasteiger partial charge in [0.05, 0.1) is 6.26 Å². The number of aliphatic carboxylic acids is 1. The SMILES string of the molecule is CS(=O)(=O)N1CCC(C(=O)N2Cc3ccccc3C[C@H]2C(=O)O)CC1. The molecule has 1 N–H and O–H groups in total. The maximum atomic E-state index is 12.9. The van der Waals surface area contributed by atoms with Gasteiger partial charge in [0.1, 0.15) is 6.04 Å². The van der Waals surface area contributed by atoms with Gasteiger partial charge in [-0.3, -0.25) is 4.79 Å². The number of amides is 1. The van der Waals surface area contributed by atoms with Gasteiger partial charge in [-0.1, -0.05) is 24.3 Å². The third-order valence-electron chi connectivity index (χ3n) is 5.09. The van der Waals surface area contributed by atoms with E-state index in [0.29, 0.717) is 32.4 Å². The van der Waals surface area contributed by atoms with Crippen molar-refractivity contribution in [1.29, 1.82) is 0 Å². The minimum atomic E-state index is -3.25. The monoisotopic (exact) mass is 366 g/mol. The fraction of sp³-hybridized carbons (Fsp3) is 0.529. The highest BCUT2D eigenvalue weighted by Gasteiger charge is 2.38. The van der Waals surface area contributed by atoms with E-state index in [-0.39, 0.29) is 18.4 Å². The van der Waals surface area contributed by atoms with Gasteiger partial charge in [-0.15, -0.1) is 0 Å². The van der Waals surface area contributed by atoms with Crippen molar-refractivity contribution in [2.45, 2.75) is 31.8 Å². The van der Waals surface area contributed by atoms with Crippen molar-refractivity contribution in [3.05, 3.63) is 35.4 Å². The maximum absolute atomic E-state index is 12.9. The summed E-state index contributed by atoms with van der Waals surface area (Å²) in [5.41, 5.74) is 1.94. The van der Waals surface area contributed by atoms with Crippen molar-refractivity contribution in [1.82, 2.24) is 9.21 Å². The number of rotatable bonds is 3. The molecule has 1 saturated heterocycles. The lowest BCUT2D eigenvalue weighted by molar-refractivity contribution is -0.153. The second-order valence-corrected chi connectivity index (χ2v) is 8.71. The first-order valence-electron chi connectivity index (χ1n) is 8.32. The summed E-state index contributed by atoms with van der Waals surface area (Å²) in [5, 5.41) is 9.55. The summed E-state index contributed by atoms with van der Waals surface area (Å²) < 4.78 is 24.6. The topological polar surface area (TPSA) is 95.0 Å².